The first-order valence-electron chi connectivity index (χ1n) is 9.70. The third-order valence-electron chi connectivity index (χ3n) is 4.96. The number of nitrogens with zero attached hydrogens (tertiary/aromatic N) is 3. The second kappa shape index (κ2) is 9.63. The van der Waals surface area contributed by atoms with Gasteiger partial charge in [-0.3, -0.25) is 10.1 Å². The average molecular weight is 454 g/mol. The van der Waals surface area contributed by atoms with Gasteiger partial charge in [0, 0.05) is 23.6 Å². The van der Waals surface area contributed by atoms with E-state index in [1.54, 1.807) is 12.3 Å². The predicted octanol–water partition coefficient (Wildman–Crippen LogP) is 3.75. The van der Waals surface area contributed by atoms with Crippen LogP contribution >= 0.6 is 11.3 Å². The van der Waals surface area contributed by atoms with Gasteiger partial charge in [-0.05, 0) is 31.9 Å². The summed E-state index contributed by atoms with van der Waals surface area (Å²) in [6.07, 6.45) is 4.41. The largest absolute Gasteiger partial charge is 0.461 e. The van der Waals surface area contributed by atoms with Crippen molar-refractivity contribution in [3.05, 3.63) is 50.5 Å². The second-order valence-corrected chi connectivity index (χ2v) is 9.77. The van der Waals surface area contributed by atoms with Crippen LogP contribution in [-0.4, -0.2) is 41.2 Å². The molecule has 0 unspecified atom stereocenters. The molecule has 1 heterocycles. The number of aromatic nitrogens is 1. The first-order chi connectivity index (χ1) is 14.3. The van der Waals surface area contributed by atoms with Gasteiger partial charge in [-0.15, -0.1) is 11.3 Å². The summed E-state index contributed by atoms with van der Waals surface area (Å²) in [5.41, 5.74) is -0.00894. The first-order valence-corrected chi connectivity index (χ1v) is 12.0. The predicted molar refractivity (Wildman–Crippen MR) is 111 cm³/mol. The molecule has 162 valence electrons. The quantitative estimate of drug-likeness (QED) is 0.339. The molecule has 3 rings (SSSR count). The number of ether oxygens (including phenoxy) is 1. The van der Waals surface area contributed by atoms with Crippen LogP contribution in [0.15, 0.2) is 34.5 Å². The van der Waals surface area contributed by atoms with E-state index in [0.717, 1.165) is 32.1 Å². The van der Waals surface area contributed by atoms with Crippen LogP contribution in [0.25, 0.3) is 0 Å². The number of nitro benzene ring substituents is 1. The standard InChI is InChI=1S/C19H23N3O6S2/c1-2-28-19(23)17-13-29-18(20-17)12-21(14-6-4-3-5-7-14)30(26,27)16-10-8-15(9-11-16)22(24)25/h8-11,13-14H,2-7,12H2,1H3. The van der Waals surface area contributed by atoms with Crippen molar-refractivity contribution in [3.63, 3.8) is 0 Å². The molecular formula is C19H23N3O6S2. The molecule has 2 aromatic rings. The SMILES string of the molecule is CCOC(=O)c1csc(CN(C2CCCCC2)S(=O)(=O)c2ccc([N+](=O)[O-])cc2)n1. The van der Waals surface area contributed by atoms with E-state index in [4.69, 9.17) is 4.74 Å². The van der Waals surface area contributed by atoms with Gasteiger partial charge in [-0.25, -0.2) is 18.2 Å². The van der Waals surface area contributed by atoms with E-state index >= 15 is 0 Å². The summed E-state index contributed by atoms with van der Waals surface area (Å²) in [7, 11) is -3.90. The molecule has 30 heavy (non-hydrogen) atoms. The van der Waals surface area contributed by atoms with E-state index in [9.17, 15) is 23.3 Å². The average Bonchev–Trinajstić information content (AvgIpc) is 3.22. The molecule has 1 aliphatic rings. The molecule has 0 N–H and O–H groups in total. The summed E-state index contributed by atoms with van der Waals surface area (Å²) >= 11 is 1.21. The van der Waals surface area contributed by atoms with E-state index in [1.165, 1.54) is 39.9 Å². The number of thiazole rings is 1. The summed E-state index contributed by atoms with van der Waals surface area (Å²) in [5, 5.41) is 12.9. The number of carbonyl (C=O) groups is 1. The zero-order valence-corrected chi connectivity index (χ0v) is 18.2. The summed E-state index contributed by atoms with van der Waals surface area (Å²) in [6, 6.07) is 4.71. The van der Waals surface area contributed by atoms with E-state index in [-0.39, 0.29) is 35.5 Å². The molecule has 1 aromatic heterocycles. The molecule has 0 spiro atoms. The molecule has 1 aromatic carbocycles. The smallest absolute Gasteiger partial charge is 0.357 e. The maximum atomic E-state index is 13.4. The van der Waals surface area contributed by atoms with Crippen LogP contribution in [-0.2, 0) is 21.3 Å². The highest BCUT2D eigenvalue weighted by Gasteiger charge is 2.33. The number of hydrogen-bond donors (Lipinski definition) is 0. The van der Waals surface area contributed by atoms with Gasteiger partial charge >= 0.3 is 5.97 Å². The van der Waals surface area contributed by atoms with Crippen LogP contribution in [0.3, 0.4) is 0 Å². The fourth-order valence-corrected chi connectivity index (χ4v) is 5.96. The van der Waals surface area contributed by atoms with Crippen molar-refractivity contribution in [2.75, 3.05) is 6.61 Å². The van der Waals surface area contributed by atoms with E-state index in [0.29, 0.717) is 5.01 Å². The minimum atomic E-state index is -3.90. The third-order valence-corrected chi connectivity index (χ3v) is 7.71. The Morgan fingerprint density at radius 3 is 2.53 bits per heavy atom. The molecule has 11 heteroatoms. The van der Waals surface area contributed by atoms with Gasteiger partial charge in [0.1, 0.15) is 5.01 Å². The molecule has 0 amide bonds. The molecule has 0 bridgehead atoms. The monoisotopic (exact) mass is 453 g/mol. The Bertz CT molecular complexity index is 998. The molecule has 1 saturated carbocycles. The van der Waals surface area contributed by atoms with Crippen molar-refractivity contribution in [2.24, 2.45) is 0 Å². The van der Waals surface area contributed by atoms with Gasteiger partial charge in [0.15, 0.2) is 5.69 Å². The van der Waals surface area contributed by atoms with Gasteiger partial charge < -0.3 is 4.74 Å². The molecule has 9 nitrogen and oxygen atoms in total. The van der Waals surface area contributed by atoms with Crippen LogP contribution in [0.1, 0.15) is 54.5 Å². The Hall–Kier alpha value is -2.37. The highest BCUT2D eigenvalue weighted by atomic mass is 32.2. The lowest BCUT2D eigenvalue weighted by Gasteiger charge is -2.32. The summed E-state index contributed by atoms with van der Waals surface area (Å²) in [6.45, 7) is 1.97. The van der Waals surface area contributed by atoms with Crippen molar-refractivity contribution >= 4 is 33.0 Å². The highest BCUT2D eigenvalue weighted by molar-refractivity contribution is 7.89. The number of benzene rings is 1. The van der Waals surface area contributed by atoms with Crippen LogP contribution in [0.4, 0.5) is 5.69 Å². The minimum absolute atomic E-state index is 0.000783. The van der Waals surface area contributed by atoms with Crippen molar-refractivity contribution in [2.45, 2.75) is 56.5 Å². The summed E-state index contributed by atoms with van der Waals surface area (Å²) in [4.78, 5) is 26.5. The Morgan fingerprint density at radius 1 is 1.27 bits per heavy atom. The van der Waals surface area contributed by atoms with Gasteiger partial charge in [0.2, 0.25) is 10.0 Å². The van der Waals surface area contributed by atoms with Crippen LogP contribution in [0.5, 0.6) is 0 Å². The normalized spacial score (nSPS) is 15.3. The number of rotatable bonds is 8. The summed E-state index contributed by atoms with van der Waals surface area (Å²) < 4.78 is 33.2. The number of hydrogen-bond acceptors (Lipinski definition) is 8. The topological polar surface area (TPSA) is 120 Å². The van der Waals surface area contributed by atoms with E-state index in [2.05, 4.69) is 4.98 Å². The number of nitro groups is 1. The Morgan fingerprint density at radius 2 is 1.93 bits per heavy atom. The van der Waals surface area contributed by atoms with Crippen molar-refractivity contribution in [3.8, 4) is 0 Å². The fourth-order valence-electron chi connectivity index (χ4n) is 3.47. The molecule has 1 aliphatic carbocycles. The first kappa shape index (κ1) is 22.3. The van der Waals surface area contributed by atoms with Crippen LogP contribution < -0.4 is 0 Å². The Labute approximate surface area is 178 Å². The number of sulfonamides is 1. The lowest BCUT2D eigenvalue weighted by molar-refractivity contribution is -0.384. The molecule has 0 radical (unpaired) electrons. The van der Waals surface area contributed by atoms with E-state index < -0.39 is 20.9 Å². The highest BCUT2D eigenvalue weighted by Crippen LogP contribution is 2.30. The lowest BCUT2D eigenvalue weighted by Crippen LogP contribution is -2.40. The van der Waals surface area contributed by atoms with Crippen molar-refractivity contribution in [1.82, 2.24) is 9.29 Å². The van der Waals surface area contributed by atoms with Gasteiger partial charge in [-0.2, -0.15) is 4.31 Å². The maximum Gasteiger partial charge on any atom is 0.357 e. The van der Waals surface area contributed by atoms with Gasteiger partial charge in [-0.1, -0.05) is 19.3 Å². The van der Waals surface area contributed by atoms with Gasteiger partial charge in [0.05, 0.1) is 23.0 Å². The fraction of sp³-hybridized carbons (Fsp3) is 0.474. The summed E-state index contributed by atoms with van der Waals surface area (Å²) in [5.74, 6) is -0.539. The van der Waals surface area contributed by atoms with Crippen LogP contribution in [0.2, 0.25) is 0 Å². The maximum absolute atomic E-state index is 13.4. The number of esters is 1. The number of non-ortho nitro benzene ring substituents is 1. The Kier molecular flexibility index (Phi) is 7.16. The molecule has 0 aliphatic heterocycles. The third kappa shape index (κ3) is 5.02. The lowest BCUT2D eigenvalue weighted by atomic mass is 9.95. The zero-order chi connectivity index (χ0) is 21.7. The van der Waals surface area contributed by atoms with Crippen LogP contribution in [0, 0.1) is 10.1 Å². The zero-order valence-electron chi connectivity index (χ0n) is 16.5. The second-order valence-electron chi connectivity index (χ2n) is 6.94. The number of carbonyl (C=O) groups excluding carboxylic acids is 1. The van der Waals surface area contributed by atoms with Gasteiger partial charge in [0.25, 0.3) is 5.69 Å². The van der Waals surface area contributed by atoms with E-state index in [1.807, 2.05) is 0 Å². The molecule has 1 fully saturated rings. The Balaban J connectivity index is 1.90. The van der Waals surface area contributed by atoms with Crippen molar-refractivity contribution < 1.29 is 22.9 Å². The minimum Gasteiger partial charge on any atom is -0.461 e. The molecule has 0 saturated heterocycles. The molecular weight excluding hydrogens is 430 g/mol. The van der Waals surface area contributed by atoms with Crippen molar-refractivity contribution in [1.29, 1.82) is 0 Å². The molecule has 0 atom stereocenters.